The van der Waals surface area contributed by atoms with E-state index >= 15 is 0 Å². The highest BCUT2D eigenvalue weighted by molar-refractivity contribution is 6.02. The molecule has 0 radical (unpaired) electrons. The van der Waals surface area contributed by atoms with E-state index in [0.717, 1.165) is 5.39 Å². The Morgan fingerprint density at radius 1 is 1.04 bits per heavy atom. The third-order valence-electron chi connectivity index (χ3n) is 4.07. The number of furan rings is 1. The molecule has 0 saturated carbocycles. The van der Waals surface area contributed by atoms with Crippen molar-refractivity contribution in [1.29, 1.82) is 0 Å². The fraction of sp³-hybridized carbons (Fsp3) is 0.200. The molecule has 1 heterocycles. The van der Waals surface area contributed by atoms with Crippen LogP contribution in [-0.4, -0.2) is 32.6 Å². The van der Waals surface area contributed by atoms with Gasteiger partial charge in [-0.25, -0.2) is 4.79 Å². The number of esters is 1. The van der Waals surface area contributed by atoms with E-state index in [0.29, 0.717) is 22.6 Å². The maximum Gasteiger partial charge on any atom is 0.375 e. The second-order valence-electron chi connectivity index (χ2n) is 5.62. The number of para-hydroxylation sites is 1. The van der Waals surface area contributed by atoms with Gasteiger partial charge >= 0.3 is 5.97 Å². The average molecular weight is 354 g/mol. The Balaban J connectivity index is 1.77. The van der Waals surface area contributed by atoms with Crippen molar-refractivity contribution in [3.63, 3.8) is 0 Å². The van der Waals surface area contributed by atoms with Crippen molar-refractivity contribution in [2.24, 2.45) is 0 Å². The predicted molar refractivity (Wildman–Crippen MR) is 95.1 cm³/mol. The Morgan fingerprint density at radius 3 is 2.50 bits per heavy atom. The maximum absolute atomic E-state index is 12.4. The number of benzene rings is 2. The molecule has 2 aromatic carbocycles. The summed E-state index contributed by atoms with van der Waals surface area (Å²) in [6.45, 7) is 1.34. The molecule has 1 aromatic heterocycles. The first kappa shape index (κ1) is 17.5. The lowest BCUT2D eigenvalue weighted by Gasteiger charge is -2.09. The summed E-state index contributed by atoms with van der Waals surface area (Å²) in [5.74, 6) is -0.103. The molecule has 0 amide bonds. The number of ether oxygens (including phenoxy) is 3. The summed E-state index contributed by atoms with van der Waals surface area (Å²) in [7, 11) is 2.96. The van der Waals surface area contributed by atoms with Crippen molar-refractivity contribution >= 4 is 22.7 Å². The quantitative estimate of drug-likeness (QED) is 0.495. The van der Waals surface area contributed by atoms with E-state index in [9.17, 15) is 9.59 Å². The summed E-state index contributed by atoms with van der Waals surface area (Å²) >= 11 is 0. The normalized spacial score (nSPS) is 10.6. The van der Waals surface area contributed by atoms with Crippen molar-refractivity contribution in [3.05, 3.63) is 59.4 Å². The SMILES string of the molecule is COc1ccc(OC)c(C(=O)COC(=O)c2oc3ccccc3c2C)c1. The van der Waals surface area contributed by atoms with Crippen molar-refractivity contribution in [2.75, 3.05) is 20.8 Å². The molecule has 0 aliphatic heterocycles. The van der Waals surface area contributed by atoms with Crippen molar-refractivity contribution in [2.45, 2.75) is 6.92 Å². The summed E-state index contributed by atoms with van der Waals surface area (Å²) in [6, 6.07) is 12.2. The van der Waals surface area contributed by atoms with Crippen LogP contribution in [0.3, 0.4) is 0 Å². The Morgan fingerprint density at radius 2 is 1.81 bits per heavy atom. The molecule has 0 saturated heterocycles. The molecule has 3 rings (SSSR count). The highest BCUT2D eigenvalue weighted by Crippen LogP contribution is 2.26. The number of fused-ring (bicyclic) bond motifs is 1. The summed E-state index contributed by atoms with van der Waals surface area (Å²) in [5, 5.41) is 0.834. The highest BCUT2D eigenvalue weighted by Gasteiger charge is 2.21. The van der Waals surface area contributed by atoms with E-state index in [1.807, 2.05) is 18.2 Å². The topological polar surface area (TPSA) is 75.0 Å². The van der Waals surface area contributed by atoms with E-state index in [4.69, 9.17) is 18.6 Å². The van der Waals surface area contributed by atoms with Crippen LogP contribution in [0.5, 0.6) is 11.5 Å². The molecule has 6 nitrogen and oxygen atoms in total. The van der Waals surface area contributed by atoms with Crippen LogP contribution in [0.15, 0.2) is 46.9 Å². The first-order chi connectivity index (χ1) is 12.5. The van der Waals surface area contributed by atoms with Gasteiger partial charge in [-0.15, -0.1) is 0 Å². The average Bonchev–Trinajstić information content (AvgIpc) is 3.02. The van der Waals surface area contributed by atoms with E-state index in [2.05, 4.69) is 0 Å². The van der Waals surface area contributed by atoms with Crippen LogP contribution in [0.1, 0.15) is 26.5 Å². The number of aryl methyl sites for hydroxylation is 1. The number of carbonyl (C=O) groups is 2. The van der Waals surface area contributed by atoms with Gasteiger partial charge in [0.1, 0.15) is 17.1 Å². The van der Waals surface area contributed by atoms with Crippen LogP contribution in [-0.2, 0) is 4.74 Å². The number of hydrogen-bond acceptors (Lipinski definition) is 6. The highest BCUT2D eigenvalue weighted by atomic mass is 16.5. The number of rotatable bonds is 6. The molecule has 0 spiro atoms. The largest absolute Gasteiger partial charge is 0.497 e. The van der Waals surface area contributed by atoms with Gasteiger partial charge in [-0.3, -0.25) is 4.79 Å². The predicted octanol–water partition coefficient (Wildman–Crippen LogP) is 3.80. The fourth-order valence-corrected chi connectivity index (χ4v) is 2.68. The van der Waals surface area contributed by atoms with E-state index in [1.165, 1.54) is 14.2 Å². The van der Waals surface area contributed by atoms with Gasteiger partial charge in [-0.1, -0.05) is 18.2 Å². The third-order valence-corrected chi connectivity index (χ3v) is 4.07. The first-order valence-corrected chi connectivity index (χ1v) is 7.95. The molecule has 0 atom stereocenters. The molecule has 26 heavy (non-hydrogen) atoms. The smallest absolute Gasteiger partial charge is 0.375 e. The van der Waals surface area contributed by atoms with Crippen LogP contribution in [0, 0.1) is 6.92 Å². The molecule has 0 bridgehead atoms. The zero-order valence-electron chi connectivity index (χ0n) is 14.7. The standard InChI is InChI=1S/C20H18O6/c1-12-14-6-4-5-7-18(14)26-19(12)20(22)25-11-16(21)15-10-13(23-2)8-9-17(15)24-3/h4-10H,11H2,1-3H3. The lowest BCUT2D eigenvalue weighted by atomic mass is 10.1. The van der Waals surface area contributed by atoms with Crippen molar-refractivity contribution in [3.8, 4) is 11.5 Å². The Hall–Kier alpha value is -3.28. The molecule has 134 valence electrons. The lowest BCUT2D eigenvalue weighted by molar-refractivity contribution is 0.0444. The van der Waals surface area contributed by atoms with Gasteiger partial charge in [0.05, 0.1) is 19.8 Å². The van der Waals surface area contributed by atoms with Crippen LogP contribution >= 0.6 is 0 Å². The molecule has 0 aliphatic carbocycles. The molecular weight excluding hydrogens is 336 g/mol. The number of hydrogen-bond donors (Lipinski definition) is 0. The zero-order chi connectivity index (χ0) is 18.7. The van der Waals surface area contributed by atoms with E-state index < -0.39 is 18.4 Å². The molecule has 3 aromatic rings. The van der Waals surface area contributed by atoms with Crippen molar-refractivity contribution in [1.82, 2.24) is 0 Å². The maximum atomic E-state index is 12.4. The monoisotopic (exact) mass is 354 g/mol. The van der Waals surface area contributed by atoms with Crippen molar-refractivity contribution < 1.29 is 28.2 Å². The van der Waals surface area contributed by atoms with Gasteiger partial charge in [0, 0.05) is 10.9 Å². The van der Waals surface area contributed by atoms with Gasteiger partial charge in [-0.05, 0) is 31.2 Å². The second kappa shape index (κ2) is 7.31. The van der Waals surface area contributed by atoms with Crippen LogP contribution in [0.2, 0.25) is 0 Å². The van der Waals surface area contributed by atoms with Gasteiger partial charge < -0.3 is 18.6 Å². The Kier molecular flexibility index (Phi) is 4.93. The minimum absolute atomic E-state index is 0.0941. The zero-order valence-corrected chi connectivity index (χ0v) is 14.7. The first-order valence-electron chi connectivity index (χ1n) is 7.95. The summed E-state index contributed by atoms with van der Waals surface area (Å²) in [6.07, 6.45) is 0. The fourth-order valence-electron chi connectivity index (χ4n) is 2.68. The molecule has 0 aliphatic rings. The number of carbonyl (C=O) groups excluding carboxylic acids is 2. The van der Waals surface area contributed by atoms with Gasteiger partial charge in [0.25, 0.3) is 0 Å². The van der Waals surface area contributed by atoms with Crippen LogP contribution < -0.4 is 9.47 Å². The van der Waals surface area contributed by atoms with Gasteiger partial charge in [-0.2, -0.15) is 0 Å². The number of ketones is 1. The minimum atomic E-state index is -0.686. The Bertz CT molecular complexity index is 970. The van der Waals surface area contributed by atoms with Crippen LogP contribution in [0.25, 0.3) is 11.0 Å². The second-order valence-corrected chi connectivity index (χ2v) is 5.62. The summed E-state index contributed by atoms with van der Waals surface area (Å²) in [5.41, 5.74) is 1.55. The molecule has 0 unspecified atom stereocenters. The number of Topliss-reactive ketones (excluding diaryl/α,β-unsaturated/α-hetero) is 1. The summed E-state index contributed by atoms with van der Waals surface area (Å²) < 4.78 is 21.0. The number of methoxy groups -OCH3 is 2. The molecule has 6 heteroatoms. The third kappa shape index (κ3) is 3.26. The molecular formula is C20H18O6. The molecule has 0 N–H and O–H groups in total. The minimum Gasteiger partial charge on any atom is -0.497 e. The summed E-state index contributed by atoms with van der Waals surface area (Å²) in [4.78, 5) is 24.8. The van der Waals surface area contributed by atoms with E-state index in [-0.39, 0.29) is 11.3 Å². The van der Waals surface area contributed by atoms with Crippen LogP contribution in [0.4, 0.5) is 0 Å². The Labute approximate surface area is 150 Å². The van der Waals surface area contributed by atoms with Gasteiger partial charge in [0.15, 0.2) is 6.61 Å². The van der Waals surface area contributed by atoms with E-state index in [1.54, 1.807) is 31.2 Å². The molecule has 0 fully saturated rings. The lowest BCUT2D eigenvalue weighted by Crippen LogP contribution is -2.15. The van der Waals surface area contributed by atoms with Gasteiger partial charge in [0.2, 0.25) is 11.5 Å².